The van der Waals surface area contributed by atoms with E-state index < -0.39 is 17.0 Å². The summed E-state index contributed by atoms with van der Waals surface area (Å²) in [4.78, 5) is 20.8. The number of carbonyl (C=O) groups is 1. The van der Waals surface area contributed by atoms with Gasteiger partial charge in [-0.25, -0.2) is 4.79 Å². The van der Waals surface area contributed by atoms with Gasteiger partial charge in [-0.15, -0.1) is 0 Å². The molecule has 2 rings (SSSR count). The topological polar surface area (TPSA) is 103 Å². The number of hydrogen-bond donors (Lipinski definition) is 1. The number of hydrogen-bond acceptors (Lipinski definition) is 5. The highest BCUT2D eigenvalue weighted by Crippen LogP contribution is 2.26. The Morgan fingerprint density at radius 3 is 2.75 bits per heavy atom. The summed E-state index contributed by atoms with van der Waals surface area (Å²) in [7, 11) is 0. The first-order chi connectivity index (χ1) is 9.47. The fourth-order valence-electron chi connectivity index (χ4n) is 1.62. The highest BCUT2D eigenvalue weighted by molar-refractivity contribution is 5.84. The van der Waals surface area contributed by atoms with Crippen molar-refractivity contribution in [3.8, 4) is 5.75 Å². The van der Waals surface area contributed by atoms with E-state index in [1.807, 2.05) is 0 Å². The molecule has 0 amide bonds. The fourth-order valence-corrected chi connectivity index (χ4v) is 1.62. The van der Waals surface area contributed by atoms with E-state index in [0.29, 0.717) is 11.5 Å². The summed E-state index contributed by atoms with van der Waals surface area (Å²) >= 11 is 0. The van der Waals surface area contributed by atoms with E-state index >= 15 is 0 Å². The highest BCUT2D eigenvalue weighted by Gasteiger charge is 2.16. The Kier molecular flexibility index (Phi) is 3.69. The molecule has 20 heavy (non-hydrogen) atoms. The van der Waals surface area contributed by atoms with Gasteiger partial charge in [0.2, 0.25) is 5.76 Å². The Bertz CT molecular complexity index is 648. The quantitative estimate of drug-likeness (QED) is 0.665. The smallest absolute Gasteiger partial charge is 0.371 e. The molecule has 2 aromatic rings. The van der Waals surface area contributed by atoms with Crippen molar-refractivity contribution >= 4 is 11.7 Å². The number of aromatic carboxylic acids is 1. The molecule has 0 fully saturated rings. The van der Waals surface area contributed by atoms with E-state index in [1.54, 1.807) is 13.0 Å². The SMILES string of the molecule is CC(Oc1cccc([N+](=O)[O-])c1)c1ccc(C(=O)O)o1. The average molecular weight is 277 g/mol. The Hall–Kier alpha value is -2.83. The fraction of sp³-hybridized carbons (Fsp3) is 0.154. The minimum atomic E-state index is -1.17. The van der Waals surface area contributed by atoms with Crippen molar-refractivity contribution < 1.29 is 24.0 Å². The molecule has 0 spiro atoms. The largest absolute Gasteiger partial charge is 0.483 e. The minimum absolute atomic E-state index is 0.0830. The van der Waals surface area contributed by atoms with Crippen molar-refractivity contribution in [1.29, 1.82) is 0 Å². The van der Waals surface area contributed by atoms with Gasteiger partial charge in [-0.3, -0.25) is 10.1 Å². The summed E-state index contributed by atoms with van der Waals surface area (Å²) in [6, 6.07) is 8.54. The van der Waals surface area contributed by atoms with Crippen LogP contribution in [0.1, 0.15) is 29.3 Å². The van der Waals surface area contributed by atoms with Gasteiger partial charge in [0, 0.05) is 6.07 Å². The lowest BCUT2D eigenvalue weighted by Crippen LogP contribution is -2.02. The summed E-state index contributed by atoms with van der Waals surface area (Å²) in [5, 5.41) is 19.4. The van der Waals surface area contributed by atoms with Gasteiger partial charge < -0.3 is 14.3 Å². The van der Waals surface area contributed by atoms with Crippen molar-refractivity contribution in [3.05, 3.63) is 58.0 Å². The van der Waals surface area contributed by atoms with Crippen LogP contribution in [0, 0.1) is 10.1 Å². The molecule has 104 valence electrons. The van der Waals surface area contributed by atoms with E-state index in [4.69, 9.17) is 14.3 Å². The van der Waals surface area contributed by atoms with Crippen LogP contribution in [-0.4, -0.2) is 16.0 Å². The second kappa shape index (κ2) is 5.43. The lowest BCUT2D eigenvalue weighted by atomic mass is 10.3. The average Bonchev–Trinajstić information content (AvgIpc) is 2.88. The molecule has 7 heteroatoms. The maximum absolute atomic E-state index is 10.7. The Morgan fingerprint density at radius 2 is 2.15 bits per heavy atom. The van der Waals surface area contributed by atoms with Crippen molar-refractivity contribution in [2.45, 2.75) is 13.0 Å². The van der Waals surface area contributed by atoms with Crippen LogP contribution in [0.15, 0.2) is 40.8 Å². The van der Waals surface area contributed by atoms with Crippen LogP contribution in [0.5, 0.6) is 5.75 Å². The zero-order valence-electron chi connectivity index (χ0n) is 10.5. The number of non-ortho nitro benzene ring substituents is 1. The second-order valence-electron chi connectivity index (χ2n) is 4.02. The van der Waals surface area contributed by atoms with Gasteiger partial charge in [-0.1, -0.05) is 6.07 Å². The number of furan rings is 1. The van der Waals surface area contributed by atoms with Crippen LogP contribution >= 0.6 is 0 Å². The van der Waals surface area contributed by atoms with E-state index in [2.05, 4.69) is 0 Å². The molecule has 0 radical (unpaired) electrons. The van der Waals surface area contributed by atoms with Crippen molar-refractivity contribution in [3.63, 3.8) is 0 Å². The number of carboxylic acid groups (broad SMARTS) is 1. The molecule has 0 aliphatic carbocycles. The van der Waals surface area contributed by atoms with Crippen LogP contribution in [0.3, 0.4) is 0 Å². The van der Waals surface area contributed by atoms with Crippen LogP contribution in [0.25, 0.3) is 0 Å². The zero-order valence-corrected chi connectivity index (χ0v) is 10.5. The predicted molar refractivity (Wildman–Crippen MR) is 67.8 cm³/mol. The summed E-state index contributed by atoms with van der Waals surface area (Å²) in [5.41, 5.74) is -0.0830. The summed E-state index contributed by atoms with van der Waals surface area (Å²) < 4.78 is 10.6. The molecule has 0 aliphatic rings. The number of rotatable bonds is 5. The molecule has 0 saturated carbocycles. The van der Waals surface area contributed by atoms with Crippen molar-refractivity contribution in [2.24, 2.45) is 0 Å². The molecular formula is C13H11NO6. The lowest BCUT2D eigenvalue weighted by Gasteiger charge is -2.11. The van der Waals surface area contributed by atoms with Gasteiger partial charge in [-0.05, 0) is 25.1 Å². The zero-order chi connectivity index (χ0) is 14.7. The summed E-state index contributed by atoms with van der Waals surface area (Å²) in [6.07, 6.45) is -0.565. The number of carboxylic acids is 1. The molecule has 1 aromatic carbocycles. The molecule has 1 heterocycles. The summed E-state index contributed by atoms with van der Waals surface area (Å²) in [5.74, 6) is -0.720. The number of nitrogens with zero attached hydrogens (tertiary/aromatic N) is 1. The van der Waals surface area contributed by atoms with E-state index in [-0.39, 0.29) is 11.4 Å². The molecule has 1 atom stereocenters. The molecule has 0 saturated heterocycles. The van der Waals surface area contributed by atoms with Crippen LogP contribution in [0.2, 0.25) is 0 Å². The number of nitro benzene ring substituents is 1. The van der Waals surface area contributed by atoms with Gasteiger partial charge in [0.15, 0.2) is 6.10 Å². The molecule has 1 aromatic heterocycles. The standard InChI is InChI=1S/C13H11NO6/c1-8(11-5-6-12(20-11)13(15)16)19-10-4-2-3-9(7-10)14(17)18/h2-8H,1H3,(H,15,16). The molecule has 0 aliphatic heterocycles. The number of nitro groups is 1. The third-order valence-electron chi connectivity index (χ3n) is 2.58. The first-order valence-electron chi connectivity index (χ1n) is 5.71. The lowest BCUT2D eigenvalue weighted by molar-refractivity contribution is -0.384. The Labute approximate surface area is 113 Å². The van der Waals surface area contributed by atoms with Gasteiger partial charge in [0.1, 0.15) is 11.5 Å². The summed E-state index contributed by atoms with van der Waals surface area (Å²) in [6.45, 7) is 1.66. The normalized spacial score (nSPS) is 11.8. The number of benzene rings is 1. The molecule has 0 bridgehead atoms. The van der Waals surface area contributed by atoms with Crippen LogP contribution < -0.4 is 4.74 Å². The second-order valence-corrected chi connectivity index (χ2v) is 4.02. The maximum atomic E-state index is 10.7. The van der Waals surface area contributed by atoms with Gasteiger partial charge >= 0.3 is 5.97 Å². The van der Waals surface area contributed by atoms with Gasteiger partial charge in [0.05, 0.1) is 11.0 Å². The van der Waals surface area contributed by atoms with E-state index in [0.717, 1.165) is 0 Å². The Morgan fingerprint density at radius 1 is 1.40 bits per heavy atom. The molecule has 1 N–H and O–H groups in total. The monoisotopic (exact) mass is 277 g/mol. The van der Waals surface area contributed by atoms with E-state index in [1.165, 1.54) is 30.3 Å². The highest BCUT2D eigenvalue weighted by atomic mass is 16.6. The third-order valence-corrected chi connectivity index (χ3v) is 2.58. The van der Waals surface area contributed by atoms with Crippen molar-refractivity contribution in [2.75, 3.05) is 0 Å². The Balaban J connectivity index is 2.14. The molecular weight excluding hydrogens is 266 g/mol. The minimum Gasteiger partial charge on any atom is -0.483 e. The first kappa shape index (κ1) is 13.6. The van der Waals surface area contributed by atoms with Crippen LogP contribution in [-0.2, 0) is 0 Å². The van der Waals surface area contributed by atoms with Crippen molar-refractivity contribution in [1.82, 2.24) is 0 Å². The van der Waals surface area contributed by atoms with E-state index in [9.17, 15) is 14.9 Å². The van der Waals surface area contributed by atoms with Gasteiger partial charge in [-0.2, -0.15) is 0 Å². The van der Waals surface area contributed by atoms with Gasteiger partial charge in [0.25, 0.3) is 5.69 Å². The molecule has 1 unspecified atom stereocenters. The number of ether oxygens (including phenoxy) is 1. The maximum Gasteiger partial charge on any atom is 0.371 e. The van der Waals surface area contributed by atoms with Crippen LogP contribution in [0.4, 0.5) is 5.69 Å². The molecule has 7 nitrogen and oxygen atoms in total. The third kappa shape index (κ3) is 2.94. The first-order valence-corrected chi connectivity index (χ1v) is 5.71. The predicted octanol–water partition coefficient (Wildman–Crippen LogP) is 3.03.